The monoisotopic (exact) mass is 424 g/mol. The Morgan fingerprint density at radius 3 is 2.67 bits per heavy atom. The number of halogens is 5. The topological polar surface area (TPSA) is 72.3 Å². The average molecular weight is 425 g/mol. The van der Waals surface area contributed by atoms with Crippen molar-refractivity contribution in [2.75, 3.05) is 0 Å². The summed E-state index contributed by atoms with van der Waals surface area (Å²) in [6.45, 7) is 1.86. The van der Waals surface area contributed by atoms with Crippen LogP contribution >= 0.6 is 23.2 Å². The van der Waals surface area contributed by atoms with Gasteiger partial charge in [0.15, 0.2) is 0 Å². The summed E-state index contributed by atoms with van der Waals surface area (Å²) in [4.78, 5) is 3.88. The Bertz CT molecular complexity index is 680. The molecule has 2 N–H and O–H groups in total. The molecule has 6 nitrogen and oxygen atoms in total. The largest absolute Gasteiger partial charge is 0.392 e. The van der Waals surface area contributed by atoms with Gasteiger partial charge in [-0.05, 0) is 12.8 Å². The van der Waals surface area contributed by atoms with Crippen LogP contribution in [0.2, 0.25) is 0 Å². The summed E-state index contributed by atoms with van der Waals surface area (Å²) in [7, 11) is 0. The Balaban J connectivity index is 1.85. The fraction of sp³-hybridized carbons (Fsp3) is 0.688. The van der Waals surface area contributed by atoms with Gasteiger partial charge in [-0.2, -0.15) is 23.4 Å². The van der Waals surface area contributed by atoms with E-state index in [-0.39, 0.29) is 6.42 Å². The van der Waals surface area contributed by atoms with E-state index in [1.807, 2.05) is 6.92 Å². The molecule has 0 spiro atoms. The molecule has 150 valence electrons. The van der Waals surface area contributed by atoms with Crippen molar-refractivity contribution in [1.82, 2.24) is 19.8 Å². The van der Waals surface area contributed by atoms with Crippen LogP contribution in [0.5, 0.6) is 0 Å². The van der Waals surface area contributed by atoms with Gasteiger partial charge >= 0.3 is 6.18 Å². The fourth-order valence-electron chi connectivity index (χ4n) is 3.72. The molecule has 0 saturated heterocycles. The van der Waals surface area contributed by atoms with Gasteiger partial charge in [-0.3, -0.25) is 5.01 Å². The summed E-state index contributed by atoms with van der Waals surface area (Å²) < 4.78 is 42.2. The van der Waals surface area contributed by atoms with Crippen molar-refractivity contribution < 1.29 is 13.2 Å². The van der Waals surface area contributed by atoms with Gasteiger partial charge in [0.25, 0.3) is 0 Å². The molecule has 1 aliphatic carbocycles. The van der Waals surface area contributed by atoms with Crippen LogP contribution in [-0.4, -0.2) is 55.1 Å². The summed E-state index contributed by atoms with van der Waals surface area (Å²) in [5, 5.41) is 8.12. The van der Waals surface area contributed by atoms with Crippen LogP contribution in [0.15, 0.2) is 29.9 Å². The Morgan fingerprint density at radius 1 is 1.33 bits per heavy atom. The van der Waals surface area contributed by atoms with Crippen molar-refractivity contribution in [2.45, 2.75) is 54.9 Å². The maximum atomic E-state index is 13.6. The third-order valence-corrected chi connectivity index (χ3v) is 6.06. The molecule has 7 atom stereocenters. The molecule has 0 amide bonds. The molecular weight excluding hydrogens is 404 g/mol. The normalized spacial score (nSPS) is 37.4. The van der Waals surface area contributed by atoms with E-state index in [4.69, 9.17) is 28.9 Å². The molecule has 0 radical (unpaired) electrons. The molecule has 1 fully saturated rings. The Morgan fingerprint density at radius 2 is 2.07 bits per heavy atom. The molecule has 0 bridgehead atoms. The minimum atomic E-state index is -4.38. The van der Waals surface area contributed by atoms with Crippen molar-refractivity contribution in [3.63, 3.8) is 0 Å². The summed E-state index contributed by atoms with van der Waals surface area (Å²) >= 11 is 12.9. The quantitative estimate of drug-likeness (QED) is 0.595. The Kier molecular flexibility index (Phi) is 6.02. The first-order chi connectivity index (χ1) is 12.8. The van der Waals surface area contributed by atoms with Crippen molar-refractivity contribution in [3.8, 4) is 0 Å². The van der Waals surface area contributed by atoms with Gasteiger partial charge in [0.05, 0.1) is 28.9 Å². The van der Waals surface area contributed by atoms with Crippen molar-refractivity contribution in [1.29, 1.82) is 0 Å². The standard InChI is InChI=1S/C16H21Cl2F3N6/c1-2-3-4-9-10(16(19,20)21)5-11(17)14(13(9)18)27-15(22)12(6-24-27)26-8-23-7-25-26/h3-4,6-15H,2,5,22H2,1H3/b4-3+. The van der Waals surface area contributed by atoms with Gasteiger partial charge in [-0.1, -0.05) is 19.1 Å². The van der Waals surface area contributed by atoms with E-state index in [0.29, 0.717) is 6.42 Å². The highest BCUT2D eigenvalue weighted by Gasteiger charge is 2.55. The second kappa shape index (κ2) is 7.97. The lowest BCUT2D eigenvalue weighted by Crippen LogP contribution is -2.59. The SMILES string of the molecule is CC/C=C/C1C(Cl)C(N2N=CC(n3cncn3)C2N)C(Cl)CC1C(F)(F)F. The van der Waals surface area contributed by atoms with Gasteiger partial charge < -0.3 is 5.73 Å². The van der Waals surface area contributed by atoms with Crippen molar-refractivity contribution >= 4 is 29.4 Å². The molecular formula is C16H21Cl2F3N6. The van der Waals surface area contributed by atoms with Gasteiger partial charge in [-0.25, -0.2) is 9.67 Å². The molecule has 1 aromatic rings. The second-order valence-electron chi connectivity index (χ2n) is 6.75. The first kappa shape index (κ1) is 20.4. The van der Waals surface area contributed by atoms with Gasteiger partial charge in [0.1, 0.15) is 24.9 Å². The van der Waals surface area contributed by atoms with Crippen LogP contribution in [0, 0.1) is 11.8 Å². The predicted octanol–water partition coefficient (Wildman–Crippen LogP) is 3.15. The Hall–Kier alpha value is -1.32. The molecule has 1 aliphatic heterocycles. The lowest BCUT2D eigenvalue weighted by Gasteiger charge is -2.46. The molecule has 3 rings (SSSR count). The fourth-order valence-corrected chi connectivity index (χ4v) is 4.81. The van der Waals surface area contributed by atoms with E-state index < -0.39 is 47.0 Å². The van der Waals surface area contributed by atoms with Crippen LogP contribution < -0.4 is 5.73 Å². The van der Waals surface area contributed by atoms with Crippen LogP contribution in [0.3, 0.4) is 0 Å². The van der Waals surface area contributed by atoms with Crippen LogP contribution in [-0.2, 0) is 0 Å². The molecule has 2 heterocycles. The summed E-state index contributed by atoms with van der Waals surface area (Å²) in [6, 6.07) is -1.04. The highest BCUT2D eigenvalue weighted by atomic mass is 35.5. The number of nitrogens with zero attached hydrogens (tertiary/aromatic N) is 5. The molecule has 1 saturated carbocycles. The number of alkyl halides is 5. The Labute approximate surface area is 165 Å². The van der Waals surface area contributed by atoms with E-state index >= 15 is 0 Å². The van der Waals surface area contributed by atoms with Crippen LogP contribution in [0.4, 0.5) is 13.2 Å². The third-order valence-electron chi connectivity index (χ3n) is 5.08. The minimum Gasteiger partial charge on any atom is -0.308 e. The summed E-state index contributed by atoms with van der Waals surface area (Å²) in [5.41, 5.74) is 6.29. The van der Waals surface area contributed by atoms with E-state index in [2.05, 4.69) is 15.2 Å². The van der Waals surface area contributed by atoms with E-state index in [1.54, 1.807) is 18.4 Å². The molecule has 11 heteroatoms. The molecule has 7 unspecified atom stereocenters. The van der Waals surface area contributed by atoms with Crippen LogP contribution in [0.25, 0.3) is 0 Å². The molecule has 0 aromatic carbocycles. The summed E-state index contributed by atoms with van der Waals surface area (Å²) in [6.07, 6.45) is 3.05. The zero-order valence-electron chi connectivity index (χ0n) is 14.5. The van der Waals surface area contributed by atoms with Crippen molar-refractivity contribution in [3.05, 3.63) is 24.8 Å². The molecule has 1 aromatic heterocycles. The van der Waals surface area contributed by atoms with E-state index in [1.165, 1.54) is 22.3 Å². The molecule has 27 heavy (non-hydrogen) atoms. The third kappa shape index (κ3) is 3.95. The second-order valence-corrected chi connectivity index (χ2v) is 7.81. The van der Waals surface area contributed by atoms with Gasteiger partial charge in [0, 0.05) is 5.92 Å². The zero-order chi connectivity index (χ0) is 19.8. The number of hydrogen-bond acceptors (Lipinski definition) is 5. The van der Waals surface area contributed by atoms with Gasteiger partial charge in [0.2, 0.25) is 0 Å². The lowest BCUT2D eigenvalue weighted by atomic mass is 9.75. The number of rotatable bonds is 4. The predicted molar refractivity (Wildman–Crippen MR) is 97.5 cm³/mol. The van der Waals surface area contributed by atoms with Gasteiger partial charge in [-0.15, -0.1) is 23.2 Å². The highest BCUT2D eigenvalue weighted by molar-refractivity contribution is 6.25. The van der Waals surface area contributed by atoms with E-state index in [9.17, 15) is 13.2 Å². The lowest BCUT2D eigenvalue weighted by molar-refractivity contribution is -0.193. The minimum absolute atomic E-state index is 0.246. The number of hydrazone groups is 1. The average Bonchev–Trinajstić information content (AvgIpc) is 3.23. The number of nitrogens with two attached hydrogens (primary N) is 1. The smallest absolute Gasteiger partial charge is 0.308 e. The first-order valence-corrected chi connectivity index (χ1v) is 9.56. The molecule has 2 aliphatic rings. The van der Waals surface area contributed by atoms with E-state index in [0.717, 1.165) is 0 Å². The summed E-state index contributed by atoms with van der Waals surface area (Å²) in [5.74, 6) is -2.50. The number of allylic oxidation sites excluding steroid dienone is 2. The van der Waals surface area contributed by atoms with Crippen LogP contribution in [0.1, 0.15) is 25.8 Å². The number of hydrogen-bond donors (Lipinski definition) is 1. The number of aromatic nitrogens is 3. The maximum absolute atomic E-state index is 13.6. The van der Waals surface area contributed by atoms with Crippen molar-refractivity contribution in [2.24, 2.45) is 22.7 Å². The first-order valence-electron chi connectivity index (χ1n) is 8.69. The zero-order valence-corrected chi connectivity index (χ0v) is 16.1. The highest BCUT2D eigenvalue weighted by Crippen LogP contribution is 2.47. The maximum Gasteiger partial charge on any atom is 0.392 e.